The van der Waals surface area contributed by atoms with Gasteiger partial charge in [-0.2, -0.15) is 0 Å². The van der Waals surface area contributed by atoms with Crippen molar-refractivity contribution >= 4 is 5.97 Å². The fourth-order valence-electron chi connectivity index (χ4n) is 2.45. The molecule has 112 valence electrons. The summed E-state index contributed by atoms with van der Waals surface area (Å²) in [5.41, 5.74) is 2.00. The summed E-state index contributed by atoms with van der Waals surface area (Å²) in [5.74, 6) is 5.32. The fourth-order valence-corrected chi connectivity index (χ4v) is 2.45. The third-order valence-corrected chi connectivity index (χ3v) is 3.48. The molecule has 0 aliphatic heterocycles. The van der Waals surface area contributed by atoms with E-state index < -0.39 is 10.9 Å². The van der Waals surface area contributed by atoms with E-state index in [4.69, 9.17) is 10.6 Å². The summed E-state index contributed by atoms with van der Waals surface area (Å²) in [6, 6.07) is 0. The highest BCUT2D eigenvalue weighted by molar-refractivity contribution is 5.90. The van der Waals surface area contributed by atoms with Crippen LogP contribution in [-0.4, -0.2) is 22.2 Å². The fraction of sp³-hybridized carbons (Fsp3) is 0.357. The van der Waals surface area contributed by atoms with Gasteiger partial charge in [0.05, 0.1) is 11.5 Å². The number of hydrogen-bond donors (Lipinski definition) is 1. The van der Waals surface area contributed by atoms with E-state index in [2.05, 4.69) is 0 Å². The van der Waals surface area contributed by atoms with Gasteiger partial charge in [-0.05, 0) is 37.5 Å². The predicted molar refractivity (Wildman–Crippen MR) is 76.9 cm³/mol. The quantitative estimate of drug-likeness (QED) is 0.395. The maximum Gasteiger partial charge on any atom is 0.357 e. The van der Waals surface area contributed by atoms with Crippen molar-refractivity contribution in [2.24, 2.45) is 0 Å². The summed E-state index contributed by atoms with van der Waals surface area (Å²) in [5, 5.41) is 10.7. The van der Waals surface area contributed by atoms with Gasteiger partial charge < -0.3 is 10.6 Å². The average molecular weight is 291 g/mol. The summed E-state index contributed by atoms with van der Waals surface area (Å²) < 4.78 is 6.23. The number of nitrogens with two attached hydrogens (primary N) is 1. The number of rotatable bonds is 4. The molecule has 0 aromatic carbocycles. The molecular weight excluding hydrogens is 274 g/mol. The van der Waals surface area contributed by atoms with Crippen molar-refractivity contribution in [2.75, 3.05) is 12.4 Å². The summed E-state index contributed by atoms with van der Waals surface area (Å²) in [4.78, 5) is 22.1. The highest BCUT2D eigenvalue weighted by Gasteiger charge is 2.24. The molecule has 0 amide bonds. The SMILES string of the molecule is CCOC(=O)c1c(C)c([C@H]2C=CC([N+](=O)[O-])=CC2)cn1N. The zero-order valence-corrected chi connectivity index (χ0v) is 11.9. The van der Waals surface area contributed by atoms with Gasteiger partial charge in [-0.3, -0.25) is 14.8 Å². The molecule has 7 nitrogen and oxygen atoms in total. The maximum absolute atomic E-state index is 11.9. The largest absolute Gasteiger partial charge is 0.461 e. The Morgan fingerprint density at radius 2 is 2.33 bits per heavy atom. The molecule has 0 saturated heterocycles. The van der Waals surface area contributed by atoms with Gasteiger partial charge in [0.15, 0.2) is 5.69 Å². The number of nitrogens with zero attached hydrogens (tertiary/aromatic N) is 2. The van der Waals surface area contributed by atoms with Crippen LogP contribution in [0.25, 0.3) is 0 Å². The first-order chi connectivity index (χ1) is 9.95. The number of aromatic nitrogens is 1. The minimum absolute atomic E-state index is 0.0355. The van der Waals surface area contributed by atoms with Crippen LogP contribution in [-0.2, 0) is 4.74 Å². The molecule has 1 aromatic rings. The van der Waals surface area contributed by atoms with Gasteiger partial charge >= 0.3 is 5.97 Å². The van der Waals surface area contributed by atoms with E-state index in [0.717, 1.165) is 11.1 Å². The number of carbonyl (C=O) groups excluding carboxylic acids is 1. The molecule has 0 unspecified atom stereocenters. The van der Waals surface area contributed by atoms with Gasteiger partial charge in [-0.1, -0.05) is 6.08 Å². The Balaban J connectivity index is 2.28. The molecule has 0 saturated carbocycles. The van der Waals surface area contributed by atoms with E-state index in [0.29, 0.717) is 12.1 Å². The number of ether oxygens (including phenoxy) is 1. The number of carbonyl (C=O) groups is 1. The number of esters is 1. The summed E-state index contributed by atoms with van der Waals surface area (Å²) in [6.07, 6.45) is 6.98. The lowest BCUT2D eigenvalue weighted by Crippen LogP contribution is -2.18. The average Bonchev–Trinajstić information content (AvgIpc) is 2.74. The normalized spacial score (nSPS) is 17.4. The zero-order valence-electron chi connectivity index (χ0n) is 11.9. The molecule has 1 atom stereocenters. The lowest BCUT2D eigenvalue weighted by molar-refractivity contribution is -0.419. The number of nitrogen functional groups attached to an aromatic ring is 1. The standard InChI is InChI=1S/C14H17N3O4/c1-3-21-14(18)13-9(2)12(8-16(13)15)10-4-6-11(7-5-10)17(19)20/h4,6-8,10H,3,5,15H2,1-2H3/t10-/m0/s1. The summed E-state index contributed by atoms with van der Waals surface area (Å²) in [6.45, 7) is 3.80. The van der Waals surface area contributed by atoms with Crippen LogP contribution in [0, 0.1) is 17.0 Å². The van der Waals surface area contributed by atoms with Crippen molar-refractivity contribution < 1.29 is 14.5 Å². The molecule has 0 spiro atoms. The van der Waals surface area contributed by atoms with Crippen molar-refractivity contribution in [1.29, 1.82) is 0 Å². The molecule has 21 heavy (non-hydrogen) atoms. The Morgan fingerprint density at radius 3 is 2.86 bits per heavy atom. The topological polar surface area (TPSA) is 100 Å². The molecule has 1 aliphatic carbocycles. The van der Waals surface area contributed by atoms with Crippen LogP contribution >= 0.6 is 0 Å². The first kappa shape index (κ1) is 14.8. The van der Waals surface area contributed by atoms with Crippen molar-refractivity contribution in [3.63, 3.8) is 0 Å². The van der Waals surface area contributed by atoms with Gasteiger partial charge in [-0.25, -0.2) is 4.79 Å². The third-order valence-electron chi connectivity index (χ3n) is 3.48. The Hall–Kier alpha value is -2.57. The van der Waals surface area contributed by atoms with Crippen molar-refractivity contribution in [3.8, 4) is 0 Å². The molecule has 2 rings (SSSR count). The second-order valence-electron chi connectivity index (χ2n) is 4.77. The van der Waals surface area contributed by atoms with Crippen LogP contribution in [0.2, 0.25) is 0 Å². The Labute approximate surface area is 121 Å². The number of allylic oxidation sites excluding steroid dienone is 3. The number of hydrogen-bond acceptors (Lipinski definition) is 5. The molecule has 0 fully saturated rings. The Bertz CT molecular complexity index is 643. The minimum Gasteiger partial charge on any atom is -0.461 e. The van der Waals surface area contributed by atoms with Crippen LogP contribution in [0.4, 0.5) is 0 Å². The van der Waals surface area contributed by atoms with E-state index in [-0.39, 0.29) is 18.2 Å². The zero-order chi connectivity index (χ0) is 15.6. The van der Waals surface area contributed by atoms with E-state index in [1.165, 1.54) is 10.8 Å². The number of nitro groups is 1. The molecule has 0 bridgehead atoms. The first-order valence-corrected chi connectivity index (χ1v) is 6.62. The van der Waals surface area contributed by atoms with Gasteiger partial charge in [0, 0.05) is 18.2 Å². The highest BCUT2D eigenvalue weighted by Crippen LogP contribution is 2.31. The monoisotopic (exact) mass is 291 g/mol. The minimum atomic E-state index is -0.468. The smallest absolute Gasteiger partial charge is 0.357 e. The van der Waals surface area contributed by atoms with Crippen LogP contribution in [0.5, 0.6) is 0 Å². The van der Waals surface area contributed by atoms with Gasteiger partial charge in [0.25, 0.3) is 5.70 Å². The van der Waals surface area contributed by atoms with Gasteiger partial charge in [0.2, 0.25) is 0 Å². The van der Waals surface area contributed by atoms with Crippen LogP contribution < -0.4 is 5.84 Å². The molecular formula is C14H17N3O4. The first-order valence-electron chi connectivity index (χ1n) is 6.62. The van der Waals surface area contributed by atoms with Gasteiger partial charge in [0.1, 0.15) is 0 Å². The molecule has 1 aromatic heterocycles. The van der Waals surface area contributed by atoms with Crippen molar-refractivity contribution in [1.82, 2.24) is 4.68 Å². The van der Waals surface area contributed by atoms with E-state index in [1.807, 2.05) is 0 Å². The van der Waals surface area contributed by atoms with E-state index in [9.17, 15) is 14.9 Å². The molecule has 1 aliphatic rings. The second kappa shape index (κ2) is 5.82. The highest BCUT2D eigenvalue weighted by atomic mass is 16.6. The molecule has 7 heteroatoms. The predicted octanol–water partition coefficient (Wildman–Crippen LogP) is 1.89. The molecule has 2 N–H and O–H groups in total. The summed E-state index contributed by atoms with van der Waals surface area (Å²) in [7, 11) is 0. The molecule has 0 radical (unpaired) electrons. The maximum atomic E-state index is 11.9. The third kappa shape index (κ3) is 2.81. The summed E-state index contributed by atoms with van der Waals surface area (Å²) >= 11 is 0. The van der Waals surface area contributed by atoms with Crippen LogP contribution in [0.1, 0.15) is 40.9 Å². The van der Waals surface area contributed by atoms with Crippen LogP contribution in [0.15, 0.2) is 30.1 Å². The second-order valence-corrected chi connectivity index (χ2v) is 4.77. The van der Waals surface area contributed by atoms with E-state index >= 15 is 0 Å². The van der Waals surface area contributed by atoms with Crippen molar-refractivity contribution in [3.05, 3.63) is 57.1 Å². The Kier molecular flexibility index (Phi) is 4.11. The lowest BCUT2D eigenvalue weighted by atomic mass is 9.91. The van der Waals surface area contributed by atoms with Crippen LogP contribution in [0.3, 0.4) is 0 Å². The van der Waals surface area contributed by atoms with Crippen molar-refractivity contribution in [2.45, 2.75) is 26.2 Å². The lowest BCUT2D eigenvalue weighted by Gasteiger charge is -2.13. The molecule has 1 heterocycles. The Morgan fingerprint density at radius 1 is 1.62 bits per heavy atom. The van der Waals surface area contributed by atoms with Gasteiger partial charge in [-0.15, -0.1) is 0 Å². The van der Waals surface area contributed by atoms with E-state index in [1.54, 1.807) is 32.2 Å².